The average Bonchev–Trinajstić information content (AvgIpc) is 2.75. The van der Waals surface area contributed by atoms with Gasteiger partial charge in [-0.3, -0.25) is 0 Å². The lowest BCUT2D eigenvalue weighted by Gasteiger charge is -2.28. The summed E-state index contributed by atoms with van der Waals surface area (Å²) in [5.74, 6) is -0.212. The van der Waals surface area contributed by atoms with Crippen LogP contribution in [0.5, 0.6) is 17.2 Å². The van der Waals surface area contributed by atoms with Gasteiger partial charge in [0.05, 0.1) is 6.61 Å². The lowest BCUT2D eigenvalue weighted by molar-refractivity contribution is -0.274. The highest BCUT2D eigenvalue weighted by atomic mass is 19.4. The molecule has 0 aliphatic carbocycles. The maximum atomic E-state index is 14.1. The van der Waals surface area contributed by atoms with Gasteiger partial charge in [0, 0.05) is 28.1 Å². The number of anilines is 1. The number of allylic oxidation sites excluding steroid dienone is 1. The number of aliphatic hydroxyl groups excluding tert-OH is 2. The quantitative estimate of drug-likeness (QED) is 0.413. The molecule has 3 aromatic rings. The number of rotatable bonds is 5. The molecule has 172 valence electrons. The molecule has 3 aromatic carbocycles. The molecule has 0 aromatic heterocycles. The van der Waals surface area contributed by atoms with Gasteiger partial charge in [0.25, 0.3) is 0 Å². The second-order valence-electron chi connectivity index (χ2n) is 7.40. The normalized spacial score (nSPS) is 15.7. The molecule has 0 fully saturated rings. The summed E-state index contributed by atoms with van der Waals surface area (Å²) in [6, 6.07) is 14.4. The summed E-state index contributed by atoms with van der Waals surface area (Å²) in [6.07, 6.45) is -5.85. The van der Waals surface area contributed by atoms with Crippen molar-refractivity contribution < 1.29 is 37.2 Å². The maximum Gasteiger partial charge on any atom is 0.573 e. The van der Waals surface area contributed by atoms with Crippen LogP contribution in [0.2, 0.25) is 0 Å². The van der Waals surface area contributed by atoms with E-state index in [4.69, 9.17) is 4.74 Å². The van der Waals surface area contributed by atoms with Crippen LogP contribution in [-0.4, -0.2) is 16.6 Å². The molecule has 0 saturated carbocycles. The van der Waals surface area contributed by atoms with Crippen molar-refractivity contribution in [2.45, 2.75) is 26.0 Å². The van der Waals surface area contributed by atoms with Gasteiger partial charge in [-0.2, -0.15) is 0 Å². The van der Waals surface area contributed by atoms with E-state index in [1.54, 1.807) is 31.2 Å². The minimum absolute atomic E-state index is 0.129. The van der Waals surface area contributed by atoms with E-state index in [2.05, 4.69) is 10.1 Å². The zero-order chi connectivity index (χ0) is 23.8. The Labute approximate surface area is 186 Å². The Morgan fingerprint density at radius 3 is 2.09 bits per heavy atom. The monoisotopic (exact) mass is 461 g/mol. The van der Waals surface area contributed by atoms with E-state index in [-0.39, 0.29) is 11.3 Å². The third-order valence-corrected chi connectivity index (χ3v) is 5.14. The van der Waals surface area contributed by atoms with Crippen molar-refractivity contribution in [2.75, 3.05) is 5.32 Å². The van der Waals surface area contributed by atoms with E-state index in [1.165, 1.54) is 24.3 Å². The number of nitrogens with one attached hydrogen (secondary N) is 1. The number of aliphatic hydroxyl groups is 2. The summed E-state index contributed by atoms with van der Waals surface area (Å²) in [5.41, 5.74) is 2.90. The SMILES string of the molecule is CC1=C(c2ccc(Oc3ccc(OC(F)(F)F)cc3)cc2)C(O)c2cc(F)c(CO)cc2N1. The molecule has 1 aliphatic rings. The van der Waals surface area contributed by atoms with Crippen molar-refractivity contribution in [2.24, 2.45) is 0 Å². The molecule has 9 heteroatoms. The van der Waals surface area contributed by atoms with Crippen molar-refractivity contribution in [3.05, 3.63) is 88.9 Å². The Kier molecular flexibility index (Phi) is 6.01. The number of hydrogen-bond acceptors (Lipinski definition) is 5. The van der Waals surface area contributed by atoms with Crippen molar-refractivity contribution in [1.82, 2.24) is 0 Å². The molecule has 1 aliphatic heterocycles. The Bertz CT molecular complexity index is 1190. The second-order valence-corrected chi connectivity index (χ2v) is 7.40. The van der Waals surface area contributed by atoms with E-state index in [9.17, 15) is 27.8 Å². The molecule has 5 nitrogen and oxygen atoms in total. The summed E-state index contributed by atoms with van der Waals surface area (Å²) in [7, 11) is 0. The molecule has 1 atom stereocenters. The number of ether oxygens (including phenoxy) is 2. The Morgan fingerprint density at radius 2 is 1.52 bits per heavy atom. The molecule has 1 unspecified atom stereocenters. The molecule has 0 saturated heterocycles. The fourth-order valence-electron chi connectivity index (χ4n) is 3.64. The fourth-order valence-corrected chi connectivity index (χ4v) is 3.64. The van der Waals surface area contributed by atoms with Gasteiger partial charge in [-0.1, -0.05) is 12.1 Å². The third kappa shape index (κ3) is 4.94. The Hall–Kier alpha value is -3.56. The van der Waals surface area contributed by atoms with Crippen molar-refractivity contribution >= 4 is 11.3 Å². The summed E-state index contributed by atoms with van der Waals surface area (Å²) in [5, 5.41) is 23.3. The molecule has 3 N–H and O–H groups in total. The van der Waals surface area contributed by atoms with Gasteiger partial charge in [0.2, 0.25) is 0 Å². The van der Waals surface area contributed by atoms with Gasteiger partial charge in [0.1, 0.15) is 29.2 Å². The highest BCUT2D eigenvalue weighted by Gasteiger charge is 2.31. The molecular weight excluding hydrogens is 442 g/mol. The van der Waals surface area contributed by atoms with E-state index in [0.29, 0.717) is 39.6 Å². The van der Waals surface area contributed by atoms with Gasteiger partial charge < -0.3 is 25.0 Å². The topological polar surface area (TPSA) is 71.0 Å². The molecule has 33 heavy (non-hydrogen) atoms. The number of halogens is 4. The summed E-state index contributed by atoms with van der Waals surface area (Å²) >= 11 is 0. The average molecular weight is 461 g/mol. The number of benzene rings is 3. The number of hydrogen-bond donors (Lipinski definition) is 3. The highest BCUT2D eigenvalue weighted by Crippen LogP contribution is 2.42. The minimum Gasteiger partial charge on any atom is -0.457 e. The lowest BCUT2D eigenvalue weighted by Crippen LogP contribution is -2.16. The molecule has 0 amide bonds. The van der Waals surface area contributed by atoms with Crippen LogP contribution in [0.3, 0.4) is 0 Å². The predicted molar refractivity (Wildman–Crippen MR) is 113 cm³/mol. The smallest absolute Gasteiger partial charge is 0.457 e. The molecule has 4 rings (SSSR count). The molecule has 1 heterocycles. The number of alkyl halides is 3. The van der Waals surface area contributed by atoms with Gasteiger partial charge in [-0.25, -0.2) is 4.39 Å². The predicted octanol–water partition coefficient (Wildman–Crippen LogP) is 5.90. The van der Waals surface area contributed by atoms with Crippen molar-refractivity contribution in [3.63, 3.8) is 0 Å². The van der Waals surface area contributed by atoms with Crippen LogP contribution in [0.25, 0.3) is 5.57 Å². The van der Waals surface area contributed by atoms with Gasteiger partial charge in [-0.15, -0.1) is 13.2 Å². The molecule has 0 bridgehead atoms. The molecule has 0 spiro atoms. The van der Waals surface area contributed by atoms with E-state index in [0.717, 1.165) is 12.1 Å². The lowest BCUT2D eigenvalue weighted by atomic mass is 9.89. The van der Waals surface area contributed by atoms with Crippen LogP contribution in [0, 0.1) is 5.82 Å². The van der Waals surface area contributed by atoms with Crippen molar-refractivity contribution in [1.29, 1.82) is 0 Å². The zero-order valence-electron chi connectivity index (χ0n) is 17.3. The second kappa shape index (κ2) is 8.76. The first-order valence-corrected chi connectivity index (χ1v) is 9.88. The van der Waals surface area contributed by atoms with E-state index < -0.39 is 24.9 Å². The van der Waals surface area contributed by atoms with Crippen LogP contribution in [0.4, 0.5) is 23.2 Å². The fraction of sp³-hybridized carbons (Fsp3) is 0.167. The first-order valence-electron chi connectivity index (χ1n) is 9.88. The van der Waals surface area contributed by atoms with Crippen LogP contribution < -0.4 is 14.8 Å². The maximum absolute atomic E-state index is 14.1. The molecular formula is C24H19F4NO4. The highest BCUT2D eigenvalue weighted by molar-refractivity contribution is 5.81. The van der Waals surface area contributed by atoms with Gasteiger partial charge in [-0.05, 0) is 61.0 Å². The summed E-state index contributed by atoms with van der Waals surface area (Å²) in [6.45, 7) is 1.32. The minimum atomic E-state index is -4.77. The van der Waals surface area contributed by atoms with Crippen LogP contribution in [0.15, 0.2) is 66.4 Å². The summed E-state index contributed by atoms with van der Waals surface area (Å²) in [4.78, 5) is 0. The van der Waals surface area contributed by atoms with Gasteiger partial charge >= 0.3 is 6.36 Å². The number of fused-ring (bicyclic) bond motifs is 1. The largest absolute Gasteiger partial charge is 0.573 e. The standard InChI is InChI=1S/C24H19F4NO4/c1-13-22(23(31)19-11-20(25)15(12-30)10-21(19)29-13)14-2-4-16(5-3-14)32-17-6-8-18(9-7-17)33-24(26,27)28/h2-11,23,29-31H,12H2,1H3. The zero-order valence-corrected chi connectivity index (χ0v) is 17.3. The first kappa shape index (κ1) is 22.6. The van der Waals surface area contributed by atoms with Crippen LogP contribution in [0.1, 0.15) is 29.7 Å². The third-order valence-electron chi connectivity index (χ3n) is 5.14. The molecule has 0 radical (unpaired) electrons. The van der Waals surface area contributed by atoms with Crippen LogP contribution >= 0.6 is 0 Å². The van der Waals surface area contributed by atoms with E-state index >= 15 is 0 Å². The first-order chi connectivity index (χ1) is 15.6. The van der Waals surface area contributed by atoms with Crippen molar-refractivity contribution in [3.8, 4) is 17.2 Å². The Morgan fingerprint density at radius 1 is 0.939 bits per heavy atom. The Balaban J connectivity index is 1.52. The van der Waals surface area contributed by atoms with Gasteiger partial charge in [0.15, 0.2) is 0 Å². The van der Waals surface area contributed by atoms with E-state index in [1.807, 2.05) is 0 Å². The summed E-state index contributed by atoms with van der Waals surface area (Å²) < 4.78 is 60.4. The van der Waals surface area contributed by atoms with Crippen LogP contribution in [-0.2, 0) is 6.61 Å².